The van der Waals surface area contributed by atoms with Crippen molar-refractivity contribution in [2.24, 2.45) is 0 Å². The molecule has 0 bridgehead atoms. The number of thioether (sulfide) groups is 1. The molecule has 172 valence electrons. The van der Waals surface area contributed by atoms with Crippen LogP contribution in [0, 0.1) is 17.0 Å². The van der Waals surface area contributed by atoms with Crippen LogP contribution < -0.4 is 10.6 Å². The predicted octanol–water partition coefficient (Wildman–Crippen LogP) is 5.10. The van der Waals surface area contributed by atoms with Crippen molar-refractivity contribution in [3.63, 3.8) is 0 Å². The van der Waals surface area contributed by atoms with Crippen molar-refractivity contribution in [1.29, 1.82) is 0 Å². The highest BCUT2D eigenvalue weighted by Gasteiger charge is 2.17. The fourth-order valence-corrected chi connectivity index (χ4v) is 4.20. The maximum atomic E-state index is 12.4. The van der Waals surface area contributed by atoms with E-state index in [9.17, 15) is 14.9 Å². The number of carbonyl (C=O) groups is 1. The number of carbonyl (C=O) groups excluding carboxylic acids is 1. The minimum absolute atomic E-state index is 0.00693. The summed E-state index contributed by atoms with van der Waals surface area (Å²) in [6.07, 6.45) is 0. The average molecular weight is 475 g/mol. The molecule has 9 nitrogen and oxygen atoms in total. The van der Waals surface area contributed by atoms with Crippen LogP contribution in [0.4, 0.5) is 16.2 Å². The Labute approximate surface area is 200 Å². The highest BCUT2D eigenvalue weighted by molar-refractivity contribution is 7.98. The molecule has 3 aromatic carbocycles. The first-order chi connectivity index (χ1) is 16.5. The number of nitro groups is 1. The van der Waals surface area contributed by atoms with E-state index in [0.717, 1.165) is 11.1 Å². The molecule has 4 rings (SSSR count). The third-order valence-electron chi connectivity index (χ3n) is 4.91. The van der Waals surface area contributed by atoms with Crippen LogP contribution in [-0.4, -0.2) is 25.7 Å². The number of benzene rings is 3. The molecule has 0 spiro atoms. The summed E-state index contributed by atoms with van der Waals surface area (Å²) in [6, 6.07) is 23.2. The van der Waals surface area contributed by atoms with Crippen LogP contribution in [0.5, 0.6) is 0 Å². The molecule has 0 aliphatic carbocycles. The predicted molar refractivity (Wildman–Crippen MR) is 131 cm³/mol. The van der Waals surface area contributed by atoms with Gasteiger partial charge in [-0.1, -0.05) is 54.2 Å². The highest BCUT2D eigenvalue weighted by atomic mass is 32.2. The van der Waals surface area contributed by atoms with Gasteiger partial charge in [0.1, 0.15) is 0 Å². The number of aryl methyl sites for hydroxylation is 1. The van der Waals surface area contributed by atoms with Crippen molar-refractivity contribution in [3.8, 4) is 5.69 Å². The summed E-state index contributed by atoms with van der Waals surface area (Å²) in [5, 5.41) is 25.9. The van der Waals surface area contributed by atoms with E-state index >= 15 is 0 Å². The molecule has 1 heterocycles. The van der Waals surface area contributed by atoms with Gasteiger partial charge < -0.3 is 10.6 Å². The largest absolute Gasteiger partial charge is 0.331 e. The van der Waals surface area contributed by atoms with Gasteiger partial charge in [0, 0.05) is 29.3 Å². The molecule has 1 aromatic heterocycles. The third kappa shape index (κ3) is 5.78. The van der Waals surface area contributed by atoms with E-state index < -0.39 is 4.92 Å². The summed E-state index contributed by atoms with van der Waals surface area (Å²) in [4.78, 5) is 23.0. The quantitative estimate of drug-likeness (QED) is 0.209. The number of nitro benzene ring substituents is 1. The minimum atomic E-state index is -0.445. The lowest BCUT2D eigenvalue weighted by Gasteiger charge is -2.12. The van der Waals surface area contributed by atoms with Gasteiger partial charge in [0.25, 0.3) is 5.69 Å². The number of aromatic nitrogens is 3. The molecule has 34 heavy (non-hydrogen) atoms. The highest BCUT2D eigenvalue weighted by Crippen LogP contribution is 2.26. The molecule has 0 atom stereocenters. The SMILES string of the molecule is Cc1cccc(NC(=O)NCc2nnc(SCc3ccccc3)n2-c2ccc([N+](=O)[O-])cc2)c1. The number of nitrogens with one attached hydrogen (secondary N) is 2. The molecule has 0 saturated heterocycles. The third-order valence-corrected chi connectivity index (χ3v) is 5.91. The zero-order valence-electron chi connectivity index (χ0n) is 18.3. The number of anilines is 1. The van der Waals surface area contributed by atoms with E-state index in [1.54, 1.807) is 16.7 Å². The Morgan fingerprint density at radius 3 is 2.50 bits per heavy atom. The zero-order chi connectivity index (χ0) is 23.9. The van der Waals surface area contributed by atoms with E-state index in [2.05, 4.69) is 20.8 Å². The Bertz CT molecular complexity index is 1290. The molecular formula is C24H22N6O3S. The molecule has 0 fully saturated rings. The fourth-order valence-electron chi connectivity index (χ4n) is 3.27. The summed E-state index contributed by atoms with van der Waals surface area (Å²) in [7, 11) is 0. The second kappa shape index (κ2) is 10.6. The molecule has 0 aliphatic heterocycles. The Morgan fingerprint density at radius 2 is 1.79 bits per heavy atom. The smallest absolute Gasteiger partial charge is 0.319 e. The van der Waals surface area contributed by atoms with Gasteiger partial charge in [-0.2, -0.15) is 0 Å². The molecule has 0 aliphatic rings. The monoisotopic (exact) mass is 474 g/mol. The van der Waals surface area contributed by atoms with Gasteiger partial charge in [0.05, 0.1) is 11.5 Å². The van der Waals surface area contributed by atoms with E-state index in [4.69, 9.17) is 0 Å². The van der Waals surface area contributed by atoms with Gasteiger partial charge in [0.2, 0.25) is 0 Å². The molecule has 0 radical (unpaired) electrons. The lowest BCUT2D eigenvalue weighted by Crippen LogP contribution is -2.29. The van der Waals surface area contributed by atoms with Gasteiger partial charge in [-0.3, -0.25) is 14.7 Å². The topological polar surface area (TPSA) is 115 Å². The molecule has 2 amide bonds. The van der Waals surface area contributed by atoms with Crippen molar-refractivity contribution in [2.75, 3.05) is 5.32 Å². The van der Waals surface area contributed by atoms with Crippen LogP contribution in [0.1, 0.15) is 17.0 Å². The molecule has 10 heteroatoms. The lowest BCUT2D eigenvalue weighted by molar-refractivity contribution is -0.384. The van der Waals surface area contributed by atoms with Crippen molar-refractivity contribution in [3.05, 3.63) is 106 Å². The molecule has 0 unspecified atom stereocenters. The Kier molecular flexibility index (Phi) is 7.19. The van der Waals surface area contributed by atoms with Crippen LogP contribution in [0.15, 0.2) is 84.0 Å². The first-order valence-electron chi connectivity index (χ1n) is 10.5. The number of rotatable bonds is 8. The van der Waals surface area contributed by atoms with Gasteiger partial charge in [-0.15, -0.1) is 10.2 Å². The average Bonchev–Trinajstić information content (AvgIpc) is 3.25. The van der Waals surface area contributed by atoms with Crippen molar-refractivity contribution in [1.82, 2.24) is 20.1 Å². The van der Waals surface area contributed by atoms with E-state index in [0.29, 0.717) is 28.1 Å². The maximum absolute atomic E-state index is 12.4. The van der Waals surface area contributed by atoms with Crippen LogP contribution in [0.3, 0.4) is 0 Å². The van der Waals surface area contributed by atoms with Crippen LogP contribution in [0.2, 0.25) is 0 Å². The standard InChI is InChI=1S/C24H22N6O3S/c1-17-6-5-9-19(14-17)26-23(31)25-15-22-27-28-24(34-16-18-7-3-2-4-8-18)29(22)20-10-12-21(13-11-20)30(32)33/h2-14H,15-16H2,1H3,(H2,25,26,31). The normalized spacial score (nSPS) is 10.6. The zero-order valence-corrected chi connectivity index (χ0v) is 19.2. The first-order valence-corrected chi connectivity index (χ1v) is 11.5. The van der Waals surface area contributed by atoms with Crippen molar-refractivity contribution < 1.29 is 9.72 Å². The Hall–Kier alpha value is -4.18. The molecule has 4 aromatic rings. The summed E-state index contributed by atoms with van der Waals surface area (Å²) in [5.41, 5.74) is 3.52. The van der Waals surface area contributed by atoms with Gasteiger partial charge in [-0.05, 0) is 42.3 Å². The number of amides is 2. The van der Waals surface area contributed by atoms with Crippen LogP contribution in [0.25, 0.3) is 5.69 Å². The van der Waals surface area contributed by atoms with Crippen LogP contribution in [-0.2, 0) is 12.3 Å². The number of hydrogen-bond donors (Lipinski definition) is 2. The number of hydrogen-bond acceptors (Lipinski definition) is 6. The number of non-ortho nitro benzene ring substituents is 1. The summed E-state index contributed by atoms with van der Waals surface area (Å²) in [5.74, 6) is 1.18. The summed E-state index contributed by atoms with van der Waals surface area (Å²) >= 11 is 1.49. The van der Waals surface area contributed by atoms with E-state index in [1.807, 2.05) is 61.5 Å². The molecule has 0 saturated carbocycles. The second-order valence-corrected chi connectivity index (χ2v) is 8.40. The molecular weight excluding hydrogens is 452 g/mol. The Morgan fingerprint density at radius 1 is 1.03 bits per heavy atom. The second-order valence-electron chi connectivity index (χ2n) is 7.46. The van der Waals surface area contributed by atoms with Gasteiger partial charge in [0.15, 0.2) is 11.0 Å². The first kappa shape index (κ1) is 23.0. The van der Waals surface area contributed by atoms with Crippen molar-refractivity contribution in [2.45, 2.75) is 24.4 Å². The number of nitrogens with zero attached hydrogens (tertiary/aromatic N) is 4. The van der Waals surface area contributed by atoms with Crippen LogP contribution >= 0.6 is 11.8 Å². The van der Waals surface area contributed by atoms with Gasteiger partial charge in [-0.25, -0.2) is 4.79 Å². The summed E-state index contributed by atoms with van der Waals surface area (Å²) in [6.45, 7) is 2.07. The lowest BCUT2D eigenvalue weighted by atomic mass is 10.2. The van der Waals surface area contributed by atoms with Gasteiger partial charge >= 0.3 is 6.03 Å². The van der Waals surface area contributed by atoms with E-state index in [1.165, 1.54) is 23.9 Å². The molecule has 2 N–H and O–H groups in total. The van der Waals surface area contributed by atoms with E-state index in [-0.39, 0.29) is 18.3 Å². The number of urea groups is 1. The maximum Gasteiger partial charge on any atom is 0.319 e. The summed E-state index contributed by atoms with van der Waals surface area (Å²) < 4.78 is 1.80. The minimum Gasteiger partial charge on any atom is -0.331 e. The van der Waals surface area contributed by atoms with Crippen molar-refractivity contribution >= 4 is 29.2 Å². The Balaban J connectivity index is 1.54. The fraction of sp³-hybridized carbons (Fsp3) is 0.125.